The van der Waals surface area contributed by atoms with E-state index in [1.807, 2.05) is 0 Å². The lowest BCUT2D eigenvalue weighted by atomic mass is 10.1. The predicted octanol–water partition coefficient (Wildman–Crippen LogP) is -3.01. The van der Waals surface area contributed by atoms with E-state index in [1.165, 1.54) is 6.92 Å². The first-order valence-electron chi connectivity index (χ1n) is 6.56. The third-order valence-corrected chi connectivity index (χ3v) is 2.71. The first-order valence-corrected chi connectivity index (χ1v) is 6.56. The maximum absolute atomic E-state index is 12.0. The Kier molecular flexibility index (Phi) is 8.19. The molecule has 124 valence electrons. The van der Waals surface area contributed by atoms with Crippen molar-refractivity contribution in [2.75, 3.05) is 0 Å². The van der Waals surface area contributed by atoms with E-state index < -0.39 is 41.6 Å². The highest BCUT2D eigenvalue weighted by molar-refractivity contribution is 5.91. The predicted molar refractivity (Wildman–Crippen MR) is 75.6 cm³/mol. The summed E-state index contributed by atoms with van der Waals surface area (Å²) in [5.74, 6) is -3.32. The van der Waals surface area contributed by atoms with Crippen molar-refractivity contribution < 1.29 is 24.0 Å². The molecular weight excluding hydrogens is 294 g/mol. The Balaban J connectivity index is 4.79. The summed E-state index contributed by atoms with van der Waals surface area (Å²) in [4.78, 5) is 55.9. The van der Waals surface area contributed by atoms with Crippen LogP contribution in [0, 0.1) is 0 Å². The molecule has 0 aliphatic rings. The molecule has 0 fully saturated rings. The number of nitrogens with two attached hydrogens (primary N) is 3. The topological polar surface area (TPSA) is 187 Å². The van der Waals surface area contributed by atoms with Gasteiger partial charge >= 0.3 is 0 Å². The van der Waals surface area contributed by atoms with E-state index in [1.54, 1.807) is 0 Å². The van der Waals surface area contributed by atoms with Gasteiger partial charge in [-0.3, -0.25) is 24.0 Å². The van der Waals surface area contributed by atoms with Gasteiger partial charge in [-0.05, 0) is 12.8 Å². The van der Waals surface area contributed by atoms with Crippen molar-refractivity contribution in [1.82, 2.24) is 10.6 Å². The summed E-state index contributed by atoms with van der Waals surface area (Å²) in [6.45, 7) is 1.20. The molecule has 10 nitrogen and oxygen atoms in total. The van der Waals surface area contributed by atoms with Gasteiger partial charge in [0.25, 0.3) is 0 Å². The van der Waals surface area contributed by atoms with Crippen molar-refractivity contribution in [2.45, 2.75) is 44.7 Å². The van der Waals surface area contributed by atoms with Crippen molar-refractivity contribution >= 4 is 29.5 Å². The molecule has 0 aromatic rings. The van der Waals surface area contributed by atoms with Crippen molar-refractivity contribution in [3.05, 3.63) is 0 Å². The van der Waals surface area contributed by atoms with Gasteiger partial charge in [0.05, 0.1) is 0 Å². The second kappa shape index (κ2) is 9.32. The number of hydrogen-bond acceptors (Lipinski definition) is 5. The Labute approximate surface area is 127 Å². The van der Waals surface area contributed by atoms with Crippen LogP contribution in [0.25, 0.3) is 0 Å². The maximum Gasteiger partial charge on any atom is 0.243 e. The zero-order valence-electron chi connectivity index (χ0n) is 12.3. The number of hydrogen-bond donors (Lipinski definition) is 5. The van der Waals surface area contributed by atoms with Gasteiger partial charge in [0.2, 0.25) is 29.5 Å². The molecular formula is C12H21N5O5. The van der Waals surface area contributed by atoms with E-state index >= 15 is 0 Å². The molecule has 8 N–H and O–H groups in total. The first kappa shape index (κ1) is 19.4. The number of carbonyl (C=O) groups is 5. The highest BCUT2D eigenvalue weighted by Crippen LogP contribution is 2.02. The van der Waals surface area contributed by atoms with E-state index in [-0.39, 0.29) is 25.7 Å². The lowest BCUT2D eigenvalue weighted by Gasteiger charge is -2.21. The summed E-state index contributed by atoms with van der Waals surface area (Å²) in [5.41, 5.74) is 15.1. The van der Waals surface area contributed by atoms with Crippen LogP contribution in [0.5, 0.6) is 0 Å². The minimum Gasteiger partial charge on any atom is -0.370 e. The fourth-order valence-corrected chi connectivity index (χ4v) is 1.65. The van der Waals surface area contributed by atoms with E-state index in [0.717, 1.165) is 0 Å². The van der Waals surface area contributed by atoms with E-state index in [4.69, 9.17) is 17.2 Å². The maximum atomic E-state index is 12.0. The molecule has 0 aromatic carbocycles. The zero-order valence-corrected chi connectivity index (χ0v) is 12.3. The highest BCUT2D eigenvalue weighted by atomic mass is 16.2. The molecule has 2 atom stereocenters. The number of amides is 5. The van der Waals surface area contributed by atoms with Crippen LogP contribution in [-0.4, -0.2) is 41.6 Å². The summed E-state index contributed by atoms with van der Waals surface area (Å²) in [6.07, 6.45) is -0.345. The average molecular weight is 315 g/mol. The molecule has 0 heterocycles. The number of nitrogens with one attached hydrogen (secondary N) is 2. The van der Waals surface area contributed by atoms with Crippen LogP contribution < -0.4 is 27.8 Å². The Bertz CT molecular complexity index is 465. The number of rotatable bonds is 10. The minimum absolute atomic E-state index is 0.0257. The van der Waals surface area contributed by atoms with E-state index in [9.17, 15) is 24.0 Å². The molecule has 0 aromatic heterocycles. The van der Waals surface area contributed by atoms with Crippen molar-refractivity contribution in [2.24, 2.45) is 17.2 Å². The van der Waals surface area contributed by atoms with Crippen LogP contribution in [0.2, 0.25) is 0 Å². The SMILES string of the molecule is CC(=O)N[C@@H](CCC(N)=O)C(=O)N[C@@H](CCC(N)=O)C(N)=O. The van der Waals surface area contributed by atoms with Gasteiger partial charge in [-0.15, -0.1) is 0 Å². The van der Waals surface area contributed by atoms with Crippen LogP contribution in [0.15, 0.2) is 0 Å². The zero-order chi connectivity index (χ0) is 17.3. The molecule has 10 heteroatoms. The van der Waals surface area contributed by atoms with E-state index in [2.05, 4.69) is 10.6 Å². The molecule has 0 unspecified atom stereocenters. The Hall–Kier alpha value is -2.65. The van der Waals surface area contributed by atoms with Crippen LogP contribution in [-0.2, 0) is 24.0 Å². The first-order chi connectivity index (χ1) is 10.1. The molecule has 0 saturated carbocycles. The normalized spacial score (nSPS) is 12.8. The second-order valence-corrected chi connectivity index (χ2v) is 4.73. The van der Waals surface area contributed by atoms with Crippen molar-refractivity contribution in [1.29, 1.82) is 0 Å². The molecule has 0 aliphatic heterocycles. The van der Waals surface area contributed by atoms with Gasteiger partial charge in [-0.1, -0.05) is 0 Å². The fraction of sp³-hybridized carbons (Fsp3) is 0.583. The molecule has 0 saturated heterocycles. The highest BCUT2D eigenvalue weighted by Gasteiger charge is 2.25. The van der Waals surface area contributed by atoms with Crippen molar-refractivity contribution in [3.8, 4) is 0 Å². The lowest BCUT2D eigenvalue weighted by Crippen LogP contribution is -2.53. The Morgan fingerprint density at radius 3 is 1.64 bits per heavy atom. The monoisotopic (exact) mass is 315 g/mol. The standard InChI is InChI=1S/C12H21N5O5/c1-6(18)16-8(3-5-10(14)20)12(22)17-7(11(15)21)2-4-9(13)19/h7-8H,2-5H2,1H3,(H2,13,19)(H2,14,20)(H2,15,21)(H,16,18)(H,17,22)/t7-,8-/m0/s1. The van der Waals surface area contributed by atoms with Crippen molar-refractivity contribution in [3.63, 3.8) is 0 Å². The molecule has 0 radical (unpaired) electrons. The average Bonchev–Trinajstić information content (AvgIpc) is 2.37. The number of carbonyl (C=O) groups excluding carboxylic acids is 5. The van der Waals surface area contributed by atoms with Gasteiger partial charge in [-0.2, -0.15) is 0 Å². The third kappa shape index (κ3) is 8.51. The smallest absolute Gasteiger partial charge is 0.243 e. The third-order valence-electron chi connectivity index (χ3n) is 2.71. The van der Waals surface area contributed by atoms with Crippen LogP contribution >= 0.6 is 0 Å². The summed E-state index contributed by atoms with van der Waals surface area (Å²) < 4.78 is 0. The van der Waals surface area contributed by atoms with Gasteiger partial charge in [0.15, 0.2) is 0 Å². The molecule has 22 heavy (non-hydrogen) atoms. The summed E-state index contributed by atoms with van der Waals surface area (Å²) in [7, 11) is 0. The van der Waals surface area contributed by atoms with Gasteiger partial charge in [-0.25, -0.2) is 0 Å². The molecule has 0 spiro atoms. The van der Waals surface area contributed by atoms with Gasteiger partial charge < -0.3 is 27.8 Å². The number of primary amides is 3. The second-order valence-electron chi connectivity index (χ2n) is 4.73. The Morgan fingerprint density at radius 1 is 0.818 bits per heavy atom. The summed E-state index contributed by atoms with van der Waals surface area (Å²) in [6, 6.07) is -2.15. The Morgan fingerprint density at radius 2 is 1.27 bits per heavy atom. The van der Waals surface area contributed by atoms with Crippen LogP contribution in [0.3, 0.4) is 0 Å². The quantitative estimate of drug-likeness (QED) is 0.286. The van der Waals surface area contributed by atoms with Crippen LogP contribution in [0.1, 0.15) is 32.6 Å². The largest absolute Gasteiger partial charge is 0.370 e. The molecule has 0 rings (SSSR count). The summed E-state index contributed by atoms with van der Waals surface area (Å²) in [5, 5.41) is 4.65. The van der Waals surface area contributed by atoms with Crippen LogP contribution in [0.4, 0.5) is 0 Å². The minimum atomic E-state index is -1.11. The van der Waals surface area contributed by atoms with Gasteiger partial charge in [0, 0.05) is 19.8 Å². The van der Waals surface area contributed by atoms with E-state index in [0.29, 0.717) is 0 Å². The van der Waals surface area contributed by atoms with Gasteiger partial charge in [0.1, 0.15) is 12.1 Å². The lowest BCUT2D eigenvalue weighted by molar-refractivity contribution is -0.131. The molecule has 0 bridgehead atoms. The fourth-order valence-electron chi connectivity index (χ4n) is 1.65. The molecule has 5 amide bonds. The molecule has 0 aliphatic carbocycles. The summed E-state index contributed by atoms with van der Waals surface area (Å²) >= 11 is 0.